The molecule has 0 spiro atoms. The van der Waals surface area contributed by atoms with Crippen molar-refractivity contribution in [2.45, 2.75) is 45.2 Å². The zero-order valence-electron chi connectivity index (χ0n) is 14.6. The zero-order chi connectivity index (χ0) is 17.6. The van der Waals surface area contributed by atoms with Gasteiger partial charge in [0.2, 0.25) is 0 Å². The van der Waals surface area contributed by atoms with E-state index >= 15 is 0 Å². The molecule has 25 heavy (non-hydrogen) atoms. The van der Waals surface area contributed by atoms with Crippen molar-refractivity contribution in [2.24, 2.45) is 0 Å². The number of unbranched alkanes of at least 4 members (excludes halogenated alkanes) is 1. The maximum atomic E-state index is 12.7. The molecule has 2 heterocycles. The third kappa shape index (κ3) is 4.79. The van der Waals surface area contributed by atoms with Gasteiger partial charge in [-0.05, 0) is 44.7 Å². The number of hydrogen-bond donors (Lipinski definition) is 2. The third-order valence-corrected chi connectivity index (χ3v) is 4.23. The minimum Gasteiger partial charge on any atom is -0.396 e. The van der Waals surface area contributed by atoms with Crippen LogP contribution in [-0.2, 0) is 6.54 Å². The molecule has 2 aromatic heterocycles. The Balaban J connectivity index is 1.67. The topological polar surface area (TPSA) is 83.3 Å². The predicted molar refractivity (Wildman–Crippen MR) is 95.4 cm³/mol. The van der Waals surface area contributed by atoms with Crippen molar-refractivity contribution in [1.29, 1.82) is 0 Å². The molecule has 1 aliphatic rings. The van der Waals surface area contributed by atoms with E-state index in [1.54, 1.807) is 10.9 Å². The number of aromatic nitrogens is 3. The molecule has 0 aromatic carbocycles. The van der Waals surface area contributed by atoms with Crippen LogP contribution in [-0.4, -0.2) is 50.0 Å². The lowest BCUT2D eigenvalue weighted by Gasteiger charge is -2.23. The number of carbonyl (C=O) groups excluding carboxylic acids is 1. The SMILES string of the molecule is Cc1cc(NC(=O)N(CCCCO)C2CC2)n(Cc2ccccn2)n1. The van der Waals surface area contributed by atoms with Crippen LogP contribution in [0.5, 0.6) is 0 Å². The maximum absolute atomic E-state index is 12.7. The fraction of sp³-hybridized carbons (Fsp3) is 0.500. The summed E-state index contributed by atoms with van der Waals surface area (Å²) >= 11 is 0. The number of aryl methyl sites for hydroxylation is 1. The van der Waals surface area contributed by atoms with E-state index in [9.17, 15) is 4.79 Å². The number of pyridine rings is 1. The lowest BCUT2D eigenvalue weighted by molar-refractivity contribution is 0.203. The summed E-state index contributed by atoms with van der Waals surface area (Å²) in [7, 11) is 0. The first-order chi connectivity index (χ1) is 12.2. The van der Waals surface area contributed by atoms with Crippen LogP contribution < -0.4 is 5.32 Å². The van der Waals surface area contributed by atoms with Crippen LogP contribution in [0.3, 0.4) is 0 Å². The first-order valence-electron chi connectivity index (χ1n) is 8.80. The number of aliphatic hydroxyl groups excluding tert-OH is 1. The Hall–Kier alpha value is -2.41. The van der Waals surface area contributed by atoms with Crippen LogP contribution in [0, 0.1) is 6.92 Å². The van der Waals surface area contributed by atoms with Crippen molar-refractivity contribution in [3.63, 3.8) is 0 Å². The van der Waals surface area contributed by atoms with Crippen LogP contribution >= 0.6 is 0 Å². The van der Waals surface area contributed by atoms with E-state index < -0.39 is 0 Å². The van der Waals surface area contributed by atoms with Crippen LogP contribution in [0.1, 0.15) is 37.1 Å². The molecule has 1 fully saturated rings. The Morgan fingerprint density at radius 3 is 2.92 bits per heavy atom. The summed E-state index contributed by atoms with van der Waals surface area (Å²) in [6.45, 7) is 3.25. The van der Waals surface area contributed by atoms with Crippen LogP contribution in [0.15, 0.2) is 30.5 Å². The number of amides is 2. The minimum absolute atomic E-state index is 0.0948. The van der Waals surface area contributed by atoms with E-state index in [1.165, 1.54) is 0 Å². The van der Waals surface area contributed by atoms with Gasteiger partial charge in [-0.3, -0.25) is 10.3 Å². The largest absolute Gasteiger partial charge is 0.396 e. The summed E-state index contributed by atoms with van der Waals surface area (Å²) in [6.07, 6.45) is 5.39. The number of urea groups is 1. The number of aliphatic hydroxyl groups is 1. The standard InChI is InChI=1S/C18H25N5O2/c1-14-12-17(23(21-14)13-15-6-2-3-9-19-15)20-18(25)22(16-7-8-16)10-4-5-11-24/h2-3,6,9,12,16,24H,4-5,7-8,10-11,13H2,1H3,(H,20,25). The lowest BCUT2D eigenvalue weighted by atomic mass is 10.3. The lowest BCUT2D eigenvalue weighted by Crippen LogP contribution is -2.38. The van der Waals surface area contributed by atoms with Gasteiger partial charge in [-0.2, -0.15) is 5.10 Å². The van der Waals surface area contributed by atoms with E-state index in [0.29, 0.717) is 31.4 Å². The number of hydrogen-bond acceptors (Lipinski definition) is 4. The summed E-state index contributed by atoms with van der Waals surface area (Å²) < 4.78 is 1.77. The van der Waals surface area contributed by atoms with Gasteiger partial charge < -0.3 is 10.0 Å². The van der Waals surface area contributed by atoms with E-state index in [2.05, 4.69) is 15.4 Å². The Morgan fingerprint density at radius 2 is 2.24 bits per heavy atom. The molecular formula is C18H25N5O2. The van der Waals surface area contributed by atoms with Crippen molar-refractivity contribution in [2.75, 3.05) is 18.5 Å². The smallest absolute Gasteiger partial charge is 0.323 e. The summed E-state index contributed by atoms with van der Waals surface area (Å²) in [6, 6.07) is 7.86. The van der Waals surface area contributed by atoms with Gasteiger partial charge in [0.1, 0.15) is 5.82 Å². The Labute approximate surface area is 147 Å². The molecule has 0 atom stereocenters. The van der Waals surface area contributed by atoms with Gasteiger partial charge in [0.25, 0.3) is 0 Å². The molecule has 1 aliphatic carbocycles. The highest BCUT2D eigenvalue weighted by Crippen LogP contribution is 2.28. The van der Waals surface area contributed by atoms with Crippen LogP contribution in [0.25, 0.3) is 0 Å². The molecule has 3 rings (SSSR count). The van der Waals surface area contributed by atoms with Gasteiger partial charge in [-0.15, -0.1) is 0 Å². The molecular weight excluding hydrogens is 318 g/mol. The van der Waals surface area contributed by atoms with E-state index in [4.69, 9.17) is 5.11 Å². The summed E-state index contributed by atoms with van der Waals surface area (Å²) in [5.41, 5.74) is 1.74. The van der Waals surface area contributed by atoms with Crippen molar-refractivity contribution in [3.8, 4) is 0 Å². The molecule has 7 nitrogen and oxygen atoms in total. The fourth-order valence-electron chi connectivity index (χ4n) is 2.82. The molecule has 0 aliphatic heterocycles. The number of anilines is 1. The molecule has 134 valence electrons. The molecule has 0 unspecified atom stereocenters. The van der Waals surface area contributed by atoms with Crippen molar-refractivity contribution < 1.29 is 9.90 Å². The fourth-order valence-corrected chi connectivity index (χ4v) is 2.82. The van der Waals surface area contributed by atoms with Crippen LogP contribution in [0.4, 0.5) is 10.6 Å². The second-order valence-electron chi connectivity index (χ2n) is 6.44. The minimum atomic E-state index is -0.0948. The van der Waals surface area contributed by atoms with Gasteiger partial charge in [-0.1, -0.05) is 6.07 Å². The summed E-state index contributed by atoms with van der Waals surface area (Å²) in [4.78, 5) is 18.9. The van der Waals surface area contributed by atoms with Crippen molar-refractivity contribution in [1.82, 2.24) is 19.7 Å². The predicted octanol–water partition coefficient (Wildman–Crippen LogP) is 2.40. The van der Waals surface area contributed by atoms with Crippen LogP contribution in [0.2, 0.25) is 0 Å². The summed E-state index contributed by atoms with van der Waals surface area (Å²) in [5.74, 6) is 0.681. The Bertz CT molecular complexity index is 697. The molecule has 2 amide bonds. The molecule has 7 heteroatoms. The number of nitrogens with one attached hydrogen (secondary N) is 1. The maximum Gasteiger partial charge on any atom is 0.323 e. The van der Waals surface area contributed by atoms with Gasteiger partial charge in [0.05, 0.1) is 17.9 Å². The molecule has 0 bridgehead atoms. The molecule has 1 saturated carbocycles. The van der Waals surface area contributed by atoms with Gasteiger partial charge in [-0.25, -0.2) is 9.48 Å². The van der Waals surface area contributed by atoms with Gasteiger partial charge in [0, 0.05) is 31.5 Å². The number of carbonyl (C=O) groups is 1. The van der Waals surface area contributed by atoms with Crippen molar-refractivity contribution >= 4 is 11.8 Å². The first-order valence-corrected chi connectivity index (χ1v) is 8.80. The van der Waals surface area contributed by atoms with E-state index in [1.807, 2.05) is 36.1 Å². The second kappa shape index (κ2) is 8.11. The Morgan fingerprint density at radius 1 is 1.40 bits per heavy atom. The van der Waals surface area contributed by atoms with E-state index in [-0.39, 0.29) is 12.6 Å². The Kier molecular flexibility index (Phi) is 5.65. The highest BCUT2D eigenvalue weighted by molar-refractivity contribution is 5.89. The van der Waals surface area contributed by atoms with Gasteiger partial charge in [0.15, 0.2) is 0 Å². The number of nitrogens with zero attached hydrogens (tertiary/aromatic N) is 4. The third-order valence-electron chi connectivity index (χ3n) is 4.23. The summed E-state index contributed by atoms with van der Waals surface area (Å²) in [5, 5.41) is 16.4. The van der Waals surface area contributed by atoms with Gasteiger partial charge >= 0.3 is 6.03 Å². The monoisotopic (exact) mass is 343 g/mol. The number of rotatable bonds is 8. The second-order valence-corrected chi connectivity index (χ2v) is 6.44. The highest BCUT2D eigenvalue weighted by Gasteiger charge is 2.32. The normalized spacial score (nSPS) is 13.7. The molecule has 2 aromatic rings. The molecule has 2 N–H and O–H groups in total. The van der Waals surface area contributed by atoms with Crippen molar-refractivity contribution in [3.05, 3.63) is 41.9 Å². The molecule has 0 radical (unpaired) electrons. The van der Waals surface area contributed by atoms with E-state index in [0.717, 1.165) is 30.7 Å². The average molecular weight is 343 g/mol. The zero-order valence-corrected chi connectivity index (χ0v) is 14.6. The molecule has 0 saturated heterocycles. The quantitative estimate of drug-likeness (QED) is 0.721. The average Bonchev–Trinajstić information content (AvgIpc) is 3.38. The highest BCUT2D eigenvalue weighted by atomic mass is 16.3. The first kappa shape index (κ1) is 17.4.